The van der Waals surface area contributed by atoms with Crippen LogP contribution in [0.25, 0.3) is 21.3 Å². The molecule has 0 aliphatic carbocycles. The van der Waals surface area contributed by atoms with Crippen molar-refractivity contribution in [3.8, 4) is 11.1 Å². The molecule has 0 radical (unpaired) electrons. The van der Waals surface area contributed by atoms with Gasteiger partial charge in [0, 0.05) is 71.9 Å². The standard InChI is InChI=1S/C27H28ClN5O3S/c1-36-10-9-31-8-5-24(34)33(27(31)35)16-20-13-23-26(37-20)21(4-6-30-23)22-12-18(28)11-17-3-2-7-32(25(17)22)19-14-29-15-19/h4-6,8,11-13,19,29H,2-3,7,9-10,14-16H2,1H3. The zero-order valence-electron chi connectivity index (χ0n) is 20.6. The van der Waals surface area contributed by atoms with Gasteiger partial charge in [-0.15, -0.1) is 11.3 Å². The summed E-state index contributed by atoms with van der Waals surface area (Å²) < 4.78 is 8.90. The van der Waals surface area contributed by atoms with Crippen molar-refractivity contribution in [3.05, 3.63) is 79.0 Å². The Morgan fingerprint density at radius 1 is 1.19 bits per heavy atom. The van der Waals surface area contributed by atoms with Gasteiger partial charge in [-0.05, 0) is 42.7 Å². The molecule has 6 rings (SSSR count). The zero-order valence-corrected chi connectivity index (χ0v) is 22.1. The normalized spacial score (nSPS) is 15.7. The van der Waals surface area contributed by atoms with Gasteiger partial charge in [0.05, 0.1) is 36.0 Å². The Hall–Kier alpha value is -2.98. The summed E-state index contributed by atoms with van der Waals surface area (Å²) in [5, 5.41) is 4.14. The molecule has 3 aromatic heterocycles. The van der Waals surface area contributed by atoms with E-state index in [4.69, 9.17) is 16.3 Å². The van der Waals surface area contributed by atoms with E-state index >= 15 is 0 Å². The van der Waals surface area contributed by atoms with Gasteiger partial charge in [-0.3, -0.25) is 18.9 Å². The maximum Gasteiger partial charge on any atom is 0.331 e. The molecule has 2 aliphatic rings. The largest absolute Gasteiger partial charge is 0.383 e. The number of aryl methyl sites for hydroxylation is 1. The van der Waals surface area contributed by atoms with E-state index in [-0.39, 0.29) is 17.8 Å². The Labute approximate surface area is 223 Å². The molecule has 192 valence electrons. The van der Waals surface area contributed by atoms with Crippen LogP contribution >= 0.6 is 22.9 Å². The number of thiophene rings is 1. The number of rotatable bonds is 7. The molecule has 4 aromatic rings. The lowest BCUT2D eigenvalue weighted by Gasteiger charge is -2.44. The number of nitrogens with zero attached hydrogens (tertiary/aromatic N) is 4. The maximum atomic E-state index is 13.0. The Morgan fingerprint density at radius 2 is 2.05 bits per heavy atom. The second-order valence-electron chi connectivity index (χ2n) is 9.56. The Bertz CT molecular complexity index is 1590. The SMILES string of the molecule is COCCn1ccc(=O)n(Cc2cc3nccc(-c4cc(Cl)cc5c4N(C4CNC4)CCC5)c3s2)c1=O. The minimum absolute atomic E-state index is 0.194. The highest BCUT2D eigenvalue weighted by atomic mass is 35.5. The Morgan fingerprint density at radius 3 is 2.84 bits per heavy atom. The first-order chi connectivity index (χ1) is 18.0. The Balaban J connectivity index is 1.43. The van der Waals surface area contributed by atoms with Crippen LogP contribution in [0.2, 0.25) is 5.02 Å². The molecule has 37 heavy (non-hydrogen) atoms. The molecular weight excluding hydrogens is 510 g/mol. The summed E-state index contributed by atoms with van der Waals surface area (Å²) in [6.07, 6.45) is 5.48. The third kappa shape index (κ3) is 4.50. The van der Waals surface area contributed by atoms with Crippen LogP contribution in [-0.4, -0.2) is 53.5 Å². The van der Waals surface area contributed by atoms with Crippen molar-refractivity contribution in [1.29, 1.82) is 0 Å². The molecule has 0 saturated carbocycles. The molecule has 8 nitrogen and oxygen atoms in total. The molecule has 0 amide bonds. The number of benzene rings is 1. The van der Waals surface area contributed by atoms with Gasteiger partial charge < -0.3 is 15.0 Å². The minimum atomic E-state index is -0.344. The first kappa shape index (κ1) is 24.4. The number of nitrogens with one attached hydrogen (secondary N) is 1. The molecule has 5 heterocycles. The summed E-state index contributed by atoms with van der Waals surface area (Å²) in [6.45, 7) is 3.99. The van der Waals surface area contributed by atoms with Gasteiger partial charge in [0.1, 0.15) is 0 Å². The predicted molar refractivity (Wildman–Crippen MR) is 148 cm³/mol. The van der Waals surface area contributed by atoms with Gasteiger partial charge in [-0.1, -0.05) is 11.6 Å². The van der Waals surface area contributed by atoms with Crippen LogP contribution in [-0.2, 0) is 24.2 Å². The lowest BCUT2D eigenvalue weighted by Crippen LogP contribution is -2.58. The van der Waals surface area contributed by atoms with E-state index in [1.807, 2.05) is 18.3 Å². The number of pyridine rings is 1. The summed E-state index contributed by atoms with van der Waals surface area (Å²) in [5.74, 6) is 0. The van der Waals surface area contributed by atoms with Crippen LogP contribution in [0.15, 0.2) is 52.3 Å². The topological polar surface area (TPSA) is 81.4 Å². The summed E-state index contributed by atoms with van der Waals surface area (Å²) in [7, 11) is 1.59. The molecule has 2 aliphatic heterocycles. The van der Waals surface area contributed by atoms with Crippen LogP contribution in [0.4, 0.5) is 5.69 Å². The van der Waals surface area contributed by atoms with E-state index in [0.717, 1.165) is 63.7 Å². The monoisotopic (exact) mass is 537 g/mol. The number of aromatic nitrogens is 3. The minimum Gasteiger partial charge on any atom is -0.383 e. The van der Waals surface area contributed by atoms with Crippen LogP contribution in [0.3, 0.4) is 0 Å². The fraction of sp³-hybridized carbons (Fsp3) is 0.370. The molecule has 0 unspecified atom stereocenters. The molecule has 1 saturated heterocycles. The van der Waals surface area contributed by atoms with Gasteiger partial charge in [0.2, 0.25) is 0 Å². The average molecular weight is 538 g/mol. The van der Waals surface area contributed by atoms with E-state index in [9.17, 15) is 9.59 Å². The lowest BCUT2D eigenvalue weighted by atomic mass is 9.92. The summed E-state index contributed by atoms with van der Waals surface area (Å²) in [4.78, 5) is 33.6. The highest BCUT2D eigenvalue weighted by Gasteiger charge is 2.31. The lowest BCUT2D eigenvalue weighted by molar-refractivity contribution is 0.185. The summed E-state index contributed by atoms with van der Waals surface area (Å²) >= 11 is 8.20. The summed E-state index contributed by atoms with van der Waals surface area (Å²) in [5.41, 5.74) is 4.94. The van der Waals surface area contributed by atoms with Crippen molar-refractivity contribution in [3.63, 3.8) is 0 Å². The second-order valence-corrected chi connectivity index (χ2v) is 11.1. The van der Waals surface area contributed by atoms with Crippen molar-refractivity contribution < 1.29 is 4.74 Å². The van der Waals surface area contributed by atoms with Crippen molar-refractivity contribution >= 4 is 38.8 Å². The first-order valence-electron chi connectivity index (χ1n) is 12.5. The number of anilines is 1. The van der Waals surface area contributed by atoms with Gasteiger partial charge in [-0.2, -0.15) is 0 Å². The van der Waals surface area contributed by atoms with Gasteiger partial charge in [0.25, 0.3) is 5.56 Å². The van der Waals surface area contributed by atoms with E-state index in [1.54, 1.807) is 18.4 Å². The van der Waals surface area contributed by atoms with Crippen molar-refractivity contribution in [2.24, 2.45) is 0 Å². The fourth-order valence-corrected chi connectivity index (χ4v) is 6.67. The fourth-order valence-electron chi connectivity index (χ4n) is 5.30. The Kier molecular flexibility index (Phi) is 6.62. The van der Waals surface area contributed by atoms with Crippen molar-refractivity contribution in [2.75, 3.05) is 38.3 Å². The number of ether oxygens (including phenoxy) is 1. The highest BCUT2D eigenvalue weighted by Crippen LogP contribution is 2.44. The van der Waals surface area contributed by atoms with Gasteiger partial charge >= 0.3 is 5.69 Å². The highest BCUT2D eigenvalue weighted by molar-refractivity contribution is 7.19. The number of methoxy groups -OCH3 is 1. The van der Waals surface area contributed by atoms with Crippen LogP contribution < -0.4 is 21.5 Å². The van der Waals surface area contributed by atoms with E-state index in [2.05, 4.69) is 27.3 Å². The molecule has 1 fully saturated rings. The summed E-state index contributed by atoms with van der Waals surface area (Å²) in [6, 6.07) is 10.1. The van der Waals surface area contributed by atoms with Crippen LogP contribution in [0.1, 0.15) is 16.9 Å². The zero-order chi connectivity index (χ0) is 25.5. The third-order valence-corrected chi connectivity index (χ3v) is 8.59. The molecule has 1 N–H and O–H groups in total. The number of fused-ring (bicyclic) bond motifs is 2. The van der Waals surface area contributed by atoms with Crippen LogP contribution in [0.5, 0.6) is 0 Å². The molecule has 1 aromatic carbocycles. The van der Waals surface area contributed by atoms with E-state index in [1.165, 1.54) is 32.6 Å². The van der Waals surface area contributed by atoms with E-state index in [0.29, 0.717) is 19.2 Å². The second kappa shape index (κ2) is 10.1. The molecule has 0 spiro atoms. The van der Waals surface area contributed by atoms with Crippen molar-refractivity contribution in [2.45, 2.75) is 32.0 Å². The van der Waals surface area contributed by atoms with Crippen molar-refractivity contribution in [1.82, 2.24) is 19.4 Å². The average Bonchev–Trinajstić information content (AvgIpc) is 3.27. The number of hydrogen-bond donors (Lipinski definition) is 1. The first-order valence-corrected chi connectivity index (χ1v) is 13.7. The molecular formula is C27H28ClN5O3S. The maximum absolute atomic E-state index is 13.0. The van der Waals surface area contributed by atoms with Gasteiger partial charge in [0.15, 0.2) is 0 Å². The third-order valence-electron chi connectivity index (χ3n) is 7.23. The van der Waals surface area contributed by atoms with Gasteiger partial charge in [-0.25, -0.2) is 4.79 Å². The smallest absolute Gasteiger partial charge is 0.331 e. The van der Waals surface area contributed by atoms with Crippen LogP contribution in [0, 0.1) is 0 Å². The molecule has 0 bridgehead atoms. The predicted octanol–water partition coefficient (Wildman–Crippen LogP) is 3.36. The molecule has 10 heteroatoms. The quantitative estimate of drug-likeness (QED) is 0.389. The number of hydrogen-bond acceptors (Lipinski definition) is 7. The molecule has 0 atom stereocenters. The number of halogens is 1. The van der Waals surface area contributed by atoms with E-state index < -0.39 is 0 Å².